The van der Waals surface area contributed by atoms with Gasteiger partial charge in [-0.15, -0.1) is 0 Å². The van der Waals surface area contributed by atoms with Gasteiger partial charge < -0.3 is 15.1 Å². The summed E-state index contributed by atoms with van der Waals surface area (Å²) in [6.45, 7) is 12.1. The summed E-state index contributed by atoms with van der Waals surface area (Å²) in [5, 5.41) is 14.7. The summed E-state index contributed by atoms with van der Waals surface area (Å²) in [6, 6.07) is 23.2. The summed E-state index contributed by atoms with van der Waals surface area (Å²) in [4.78, 5) is 15.1. The molecule has 0 radical (unpaired) electrons. The maximum atomic E-state index is 11.3. The number of hydrogen-bond donors (Lipinski definition) is 1. The molecule has 0 unspecified atom stereocenters. The van der Waals surface area contributed by atoms with Gasteiger partial charge in [-0.3, -0.25) is 10.1 Å². The van der Waals surface area contributed by atoms with E-state index >= 15 is 0 Å². The van der Waals surface area contributed by atoms with Crippen molar-refractivity contribution in [3.05, 3.63) is 160 Å². The van der Waals surface area contributed by atoms with Crippen LogP contribution in [0.1, 0.15) is 37.5 Å². The summed E-state index contributed by atoms with van der Waals surface area (Å²) in [7, 11) is 1.91. The average Bonchev–Trinajstić information content (AvgIpc) is 3.26. The van der Waals surface area contributed by atoms with Crippen LogP contribution in [-0.4, -0.2) is 18.5 Å². The van der Waals surface area contributed by atoms with Crippen molar-refractivity contribution in [1.29, 1.82) is 0 Å². The Hall–Kier alpha value is -4.94. The standard InChI is InChI=1S/C36H38N4O2/c1-27(31-15-7-6-8-16-31)13-9-14-29(3)39(36-21-10-17-32-26-37-24-12-20-35(32)36)30(4)23-22-28(2)38(5)33-18-11-19-34(25-33)40(41)42/h6-23,25,37H,1,24,26H2,2-5H3/b13-9-,28-22+,29-14+,30-23+. The van der Waals surface area contributed by atoms with Gasteiger partial charge in [0.1, 0.15) is 0 Å². The predicted octanol–water partition coefficient (Wildman–Crippen LogP) is 8.64. The first-order valence-electron chi connectivity index (χ1n) is 14.0. The predicted molar refractivity (Wildman–Crippen MR) is 177 cm³/mol. The fraction of sp³-hybridized carbons (Fsp3) is 0.167. The molecule has 0 atom stereocenters. The van der Waals surface area contributed by atoms with Gasteiger partial charge in [0.2, 0.25) is 0 Å². The van der Waals surface area contributed by atoms with Crippen molar-refractivity contribution in [3.8, 4) is 0 Å². The third-order valence-corrected chi connectivity index (χ3v) is 7.28. The van der Waals surface area contributed by atoms with Gasteiger partial charge in [0.05, 0.1) is 10.6 Å². The number of nitro groups is 1. The molecule has 4 rings (SSSR count). The van der Waals surface area contributed by atoms with E-state index in [1.807, 2.05) is 61.4 Å². The van der Waals surface area contributed by atoms with Gasteiger partial charge in [-0.2, -0.15) is 0 Å². The normalized spacial score (nSPS) is 14.0. The van der Waals surface area contributed by atoms with Crippen molar-refractivity contribution < 1.29 is 4.92 Å². The third-order valence-electron chi connectivity index (χ3n) is 7.28. The van der Waals surface area contributed by atoms with E-state index in [0.717, 1.165) is 52.7 Å². The molecule has 0 fully saturated rings. The molecular formula is C36H38N4O2. The van der Waals surface area contributed by atoms with Gasteiger partial charge in [-0.1, -0.05) is 79.4 Å². The second-order valence-electron chi connectivity index (χ2n) is 10.2. The van der Waals surface area contributed by atoms with E-state index in [2.05, 4.69) is 85.3 Å². The van der Waals surface area contributed by atoms with Gasteiger partial charge in [-0.25, -0.2) is 0 Å². The number of anilines is 2. The van der Waals surface area contributed by atoms with Crippen molar-refractivity contribution in [3.63, 3.8) is 0 Å². The second-order valence-corrected chi connectivity index (χ2v) is 10.2. The topological polar surface area (TPSA) is 61.7 Å². The maximum absolute atomic E-state index is 11.3. The summed E-state index contributed by atoms with van der Waals surface area (Å²) in [6.07, 6.45) is 14.7. The van der Waals surface area contributed by atoms with Gasteiger partial charge in [0.25, 0.3) is 5.69 Å². The van der Waals surface area contributed by atoms with Crippen molar-refractivity contribution in [2.24, 2.45) is 0 Å². The number of benzene rings is 3. The largest absolute Gasteiger partial charge is 0.348 e. The fourth-order valence-corrected chi connectivity index (χ4v) is 4.84. The van der Waals surface area contributed by atoms with E-state index in [1.165, 1.54) is 17.2 Å². The molecule has 0 bridgehead atoms. The number of fused-ring (bicyclic) bond motifs is 1. The number of rotatable bonds is 10. The highest BCUT2D eigenvalue weighted by atomic mass is 16.6. The average molecular weight is 559 g/mol. The zero-order valence-corrected chi connectivity index (χ0v) is 24.7. The molecule has 42 heavy (non-hydrogen) atoms. The van der Waals surface area contributed by atoms with E-state index in [1.54, 1.807) is 12.1 Å². The molecule has 1 N–H and O–H groups in total. The minimum atomic E-state index is -0.371. The van der Waals surface area contributed by atoms with Crippen molar-refractivity contribution in [1.82, 2.24) is 5.32 Å². The monoisotopic (exact) mass is 558 g/mol. The number of nitrogens with one attached hydrogen (secondary N) is 1. The van der Waals surface area contributed by atoms with Crippen LogP contribution in [0, 0.1) is 10.1 Å². The van der Waals surface area contributed by atoms with Gasteiger partial charge in [0.15, 0.2) is 0 Å². The second kappa shape index (κ2) is 14.1. The quantitative estimate of drug-likeness (QED) is 0.153. The molecule has 214 valence electrons. The first-order chi connectivity index (χ1) is 20.3. The zero-order valence-electron chi connectivity index (χ0n) is 24.7. The lowest BCUT2D eigenvalue weighted by molar-refractivity contribution is -0.384. The Labute approximate surface area is 249 Å². The number of nitro benzene ring substituents is 1. The minimum absolute atomic E-state index is 0.0705. The maximum Gasteiger partial charge on any atom is 0.271 e. The van der Waals surface area contributed by atoms with Crippen LogP contribution in [0.25, 0.3) is 11.6 Å². The van der Waals surface area contributed by atoms with Crippen LogP contribution in [0.2, 0.25) is 0 Å². The highest BCUT2D eigenvalue weighted by molar-refractivity contribution is 5.76. The molecule has 0 aromatic heterocycles. The SMILES string of the molecule is C=C(/C=C\C=C(/C)N(/C(C)=C/C=C(\C)N(C)c1cccc([N+](=O)[O-])c1)c1cccc2c1C=CCNC2)c1ccccc1. The molecule has 3 aromatic rings. The lowest BCUT2D eigenvalue weighted by Gasteiger charge is -2.29. The molecule has 0 amide bonds. The first-order valence-corrected chi connectivity index (χ1v) is 14.0. The Morgan fingerprint density at radius 3 is 2.40 bits per heavy atom. The third kappa shape index (κ3) is 7.42. The van der Waals surface area contributed by atoms with Crippen LogP contribution in [0.3, 0.4) is 0 Å². The highest BCUT2D eigenvalue weighted by Crippen LogP contribution is 2.32. The molecule has 1 aliphatic rings. The molecule has 1 heterocycles. The molecular weight excluding hydrogens is 520 g/mol. The van der Waals surface area contributed by atoms with Crippen LogP contribution in [-0.2, 0) is 6.54 Å². The number of hydrogen-bond acceptors (Lipinski definition) is 5. The zero-order chi connectivity index (χ0) is 30.1. The van der Waals surface area contributed by atoms with E-state index < -0.39 is 0 Å². The van der Waals surface area contributed by atoms with Crippen molar-refractivity contribution in [2.75, 3.05) is 23.4 Å². The van der Waals surface area contributed by atoms with Crippen LogP contribution < -0.4 is 15.1 Å². The van der Waals surface area contributed by atoms with Crippen LogP contribution in [0.15, 0.2) is 133 Å². The first kappa shape index (κ1) is 30.0. The van der Waals surface area contributed by atoms with Crippen LogP contribution in [0.5, 0.6) is 0 Å². The molecule has 0 saturated heterocycles. The van der Waals surface area contributed by atoms with E-state index in [4.69, 9.17) is 0 Å². The Kier molecular flexibility index (Phi) is 10.1. The van der Waals surface area contributed by atoms with Gasteiger partial charge in [-0.05, 0) is 67.8 Å². The van der Waals surface area contributed by atoms with E-state index in [-0.39, 0.29) is 10.6 Å². The summed E-state index contributed by atoms with van der Waals surface area (Å²) < 4.78 is 0. The van der Waals surface area contributed by atoms with E-state index in [9.17, 15) is 10.1 Å². The summed E-state index contributed by atoms with van der Waals surface area (Å²) >= 11 is 0. The van der Waals surface area contributed by atoms with Crippen LogP contribution >= 0.6 is 0 Å². The number of nitrogens with zero attached hydrogens (tertiary/aromatic N) is 3. The Morgan fingerprint density at radius 2 is 1.64 bits per heavy atom. The molecule has 6 heteroatoms. The lowest BCUT2D eigenvalue weighted by atomic mass is 10.0. The number of non-ortho nitro benzene ring substituents is 1. The summed E-state index contributed by atoms with van der Waals surface area (Å²) in [5.41, 5.74) is 9.44. The number of allylic oxidation sites excluding steroid dienone is 9. The Balaban J connectivity index is 1.70. The van der Waals surface area contributed by atoms with E-state index in [0.29, 0.717) is 0 Å². The molecule has 0 saturated carbocycles. The van der Waals surface area contributed by atoms with Gasteiger partial charge in [0, 0.05) is 60.6 Å². The smallest absolute Gasteiger partial charge is 0.271 e. The lowest BCUT2D eigenvalue weighted by Crippen LogP contribution is -2.20. The molecule has 3 aromatic carbocycles. The highest BCUT2D eigenvalue weighted by Gasteiger charge is 2.17. The molecule has 0 aliphatic carbocycles. The molecule has 1 aliphatic heterocycles. The van der Waals surface area contributed by atoms with Crippen molar-refractivity contribution >= 4 is 28.7 Å². The fourth-order valence-electron chi connectivity index (χ4n) is 4.84. The minimum Gasteiger partial charge on any atom is -0.348 e. The molecule has 6 nitrogen and oxygen atoms in total. The van der Waals surface area contributed by atoms with Crippen LogP contribution in [0.4, 0.5) is 17.1 Å². The summed E-state index contributed by atoms with van der Waals surface area (Å²) in [5.74, 6) is 0. The Morgan fingerprint density at radius 1 is 0.929 bits per heavy atom. The van der Waals surface area contributed by atoms with Crippen molar-refractivity contribution in [2.45, 2.75) is 27.3 Å². The molecule has 0 spiro atoms. The van der Waals surface area contributed by atoms with Gasteiger partial charge >= 0.3 is 0 Å². The Bertz CT molecular complexity index is 1600.